The molecule has 0 aliphatic rings. The van der Waals surface area contributed by atoms with Crippen molar-refractivity contribution in [3.05, 3.63) is 48.0 Å². The lowest BCUT2D eigenvalue weighted by molar-refractivity contribution is 0.0865. The fourth-order valence-electron chi connectivity index (χ4n) is 1.84. The van der Waals surface area contributed by atoms with Crippen LogP contribution in [0.5, 0.6) is 0 Å². The summed E-state index contributed by atoms with van der Waals surface area (Å²) in [6.07, 6.45) is 2.25. The van der Waals surface area contributed by atoms with E-state index >= 15 is 0 Å². The van der Waals surface area contributed by atoms with E-state index in [1.165, 1.54) is 16.8 Å². The maximum atomic E-state index is 13.2. The van der Waals surface area contributed by atoms with E-state index in [2.05, 4.69) is 10.4 Å². The molecular weight excluding hydrogens is 289 g/mol. The summed E-state index contributed by atoms with van der Waals surface area (Å²) < 4.78 is 19.7. The summed E-state index contributed by atoms with van der Waals surface area (Å²) >= 11 is 0. The standard InChI is InChI=1S/C15H18FN3O3/c16-12-3-1-4-13(11-12)19-7-5-14(18-19)15(21)17-6-2-9-22-10-8-20/h1,3-5,7,11,20H,2,6,8-10H2,(H,17,21). The third-order valence-electron chi connectivity index (χ3n) is 2.88. The molecule has 2 aromatic rings. The fraction of sp³-hybridized carbons (Fsp3) is 0.333. The molecule has 22 heavy (non-hydrogen) atoms. The fourth-order valence-corrected chi connectivity index (χ4v) is 1.84. The van der Waals surface area contributed by atoms with Gasteiger partial charge in [-0.25, -0.2) is 9.07 Å². The lowest BCUT2D eigenvalue weighted by Gasteiger charge is -2.04. The molecule has 0 fully saturated rings. The molecule has 0 saturated heterocycles. The van der Waals surface area contributed by atoms with Crippen LogP contribution in [0.1, 0.15) is 16.9 Å². The first-order valence-electron chi connectivity index (χ1n) is 6.99. The number of hydrogen-bond acceptors (Lipinski definition) is 4. The molecule has 7 heteroatoms. The summed E-state index contributed by atoms with van der Waals surface area (Å²) in [5, 5.41) is 15.4. The van der Waals surface area contributed by atoms with Gasteiger partial charge in [-0.05, 0) is 30.7 Å². The number of amides is 1. The van der Waals surface area contributed by atoms with Crippen molar-refractivity contribution in [2.75, 3.05) is 26.4 Å². The number of hydrogen-bond donors (Lipinski definition) is 2. The summed E-state index contributed by atoms with van der Waals surface area (Å²) in [5.74, 6) is -0.654. The van der Waals surface area contributed by atoms with Crippen LogP contribution in [0.2, 0.25) is 0 Å². The highest BCUT2D eigenvalue weighted by molar-refractivity contribution is 5.92. The lowest BCUT2D eigenvalue weighted by atomic mass is 10.3. The van der Waals surface area contributed by atoms with Crippen molar-refractivity contribution in [3.63, 3.8) is 0 Å². The van der Waals surface area contributed by atoms with Crippen molar-refractivity contribution in [1.82, 2.24) is 15.1 Å². The van der Waals surface area contributed by atoms with Crippen molar-refractivity contribution >= 4 is 5.91 Å². The van der Waals surface area contributed by atoms with E-state index in [4.69, 9.17) is 9.84 Å². The Labute approximate surface area is 127 Å². The van der Waals surface area contributed by atoms with Gasteiger partial charge in [0.1, 0.15) is 5.82 Å². The number of aliphatic hydroxyl groups excluding tert-OH is 1. The maximum absolute atomic E-state index is 13.2. The first kappa shape index (κ1) is 16.1. The van der Waals surface area contributed by atoms with Crippen LogP contribution < -0.4 is 5.32 Å². The first-order valence-corrected chi connectivity index (χ1v) is 6.99. The molecule has 0 radical (unpaired) electrons. The molecule has 1 amide bonds. The van der Waals surface area contributed by atoms with Crippen LogP contribution in [0, 0.1) is 5.82 Å². The van der Waals surface area contributed by atoms with Gasteiger partial charge in [0, 0.05) is 19.3 Å². The van der Waals surface area contributed by atoms with Crippen LogP contribution in [0.4, 0.5) is 4.39 Å². The van der Waals surface area contributed by atoms with Crippen molar-refractivity contribution in [3.8, 4) is 5.69 Å². The molecule has 1 aromatic carbocycles. The SMILES string of the molecule is O=C(NCCCOCCO)c1ccn(-c2cccc(F)c2)n1. The number of aliphatic hydroxyl groups is 1. The van der Waals surface area contributed by atoms with Crippen molar-refractivity contribution in [2.45, 2.75) is 6.42 Å². The van der Waals surface area contributed by atoms with Crippen LogP contribution in [0.3, 0.4) is 0 Å². The smallest absolute Gasteiger partial charge is 0.271 e. The summed E-state index contributed by atoms with van der Waals surface area (Å²) in [7, 11) is 0. The van der Waals surface area contributed by atoms with Gasteiger partial charge in [-0.15, -0.1) is 0 Å². The third kappa shape index (κ3) is 4.64. The Hall–Kier alpha value is -2.25. The highest BCUT2D eigenvalue weighted by Gasteiger charge is 2.09. The molecule has 0 aliphatic carbocycles. The zero-order valence-corrected chi connectivity index (χ0v) is 12.0. The molecule has 0 atom stereocenters. The molecule has 1 heterocycles. The average Bonchev–Trinajstić information content (AvgIpc) is 3.00. The Morgan fingerprint density at radius 2 is 2.23 bits per heavy atom. The van der Waals surface area contributed by atoms with Gasteiger partial charge in [0.15, 0.2) is 5.69 Å². The topological polar surface area (TPSA) is 76.4 Å². The van der Waals surface area contributed by atoms with Gasteiger partial charge in [-0.1, -0.05) is 6.07 Å². The molecule has 0 bridgehead atoms. The molecule has 118 valence electrons. The first-order chi connectivity index (χ1) is 10.7. The second-order valence-electron chi connectivity index (χ2n) is 4.57. The monoisotopic (exact) mass is 307 g/mol. The van der Waals surface area contributed by atoms with E-state index in [-0.39, 0.29) is 24.0 Å². The van der Waals surface area contributed by atoms with E-state index in [1.54, 1.807) is 24.4 Å². The molecule has 0 unspecified atom stereocenters. The van der Waals surface area contributed by atoms with Gasteiger partial charge in [0.05, 0.1) is 18.9 Å². The van der Waals surface area contributed by atoms with E-state index < -0.39 is 0 Å². The Bertz CT molecular complexity index is 616. The quantitative estimate of drug-likeness (QED) is 0.717. The van der Waals surface area contributed by atoms with E-state index in [0.717, 1.165) is 0 Å². The second kappa shape index (κ2) is 8.26. The largest absolute Gasteiger partial charge is 0.394 e. The number of rotatable bonds is 8. The second-order valence-corrected chi connectivity index (χ2v) is 4.57. The highest BCUT2D eigenvalue weighted by Crippen LogP contribution is 2.09. The predicted molar refractivity (Wildman–Crippen MR) is 78.4 cm³/mol. The highest BCUT2D eigenvalue weighted by atomic mass is 19.1. The van der Waals surface area contributed by atoms with Crippen LogP contribution in [-0.2, 0) is 4.74 Å². The molecule has 2 N–H and O–H groups in total. The number of nitrogens with zero attached hydrogens (tertiary/aromatic N) is 2. The predicted octanol–water partition coefficient (Wildman–Crippen LogP) is 1.14. The zero-order valence-electron chi connectivity index (χ0n) is 12.0. The van der Waals surface area contributed by atoms with Crippen LogP contribution >= 0.6 is 0 Å². The number of ether oxygens (including phenoxy) is 1. The minimum Gasteiger partial charge on any atom is -0.394 e. The summed E-state index contributed by atoms with van der Waals surface area (Å²) in [6.45, 7) is 1.21. The minimum atomic E-state index is -0.359. The molecule has 1 aromatic heterocycles. The van der Waals surface area contributed by atoms with E-state index in [1.807, 2.05) is 0 Å². The number of halogens is 1. The van der Waals surface area contributed by atoms with Crippen molar-refractivity contribution in [1.29, 1.82) is 0 Å². The third-order valence-corrected chi connectivity index (χ3v) is 2.88. The van der Waals surface area contributed by atoms with Gasteiger partial charge >= 0.3 is 0 Å². The van der Waals surface area contributed by atoms with E-state index in [0.29, 0.717) is 31.9 Å². The van der Waals surface area contributed by atoms with Crippen LogP contribution in [0.15, 0.2) is 36.5 Å². The number of carbonyl (C=O) groups excluding carboxylic acids is 1. The summed E-state index contributed by atoms with van der Waals surface area (Å²) in [4.78, 5) is 11.9. The van der Waals surface area contributed by atoms with Crippen molar-refractivity contribution in [2.24, 2.45) is 0 Å². The Morgan fingerprint density at radius 3 is 3.00 bits per heavy atom. The molecular formula is C15H18FN3O3. The summed E-state index contributed by atoms with van der Waals surface area (Å²) in [6, 6.07) is 7.55. The van der Waals surface area contributed by atoms with Crippen LogP contribution in [0.25, 0.3) is 5.69 Å². The minimum absolute atomic E-state index is 0.0100. The van der Waals surface area contributed by atoms with E-state index in [9.17, 15) is 9.18 Å². The van der Waals surface area contributed by atoms with Gasteiger partial charge < -0.3 is 15.2 Å². The van der Waals surface area contributed by atoms with Crippen LogP contribution in [-0.4, -0.2) is 47.2 Å². The Balaban J connectivity index is 1.84. The normalized spacial score (nSPS) is 10.6. The van der Waals surface area contributed by atoms with Gasteiger partial charge in [0.2, 0.25) is 0 Å². The number of carbonyl (C=O) groups is 1. The molecule has 0 spiro atoms. The Morgan fingerprint density at radius 1 is 1.36 bits per heavy atom. The lowest BCUT2D eigenvalue weighted by Crippen LogP contribution is -2.26. The molecule has 6 nitrogen and oxygen atoms in total. The van der Waals surface area contributed by atoms with Gasteiger partial charge in [-0.2, -0.15) is 5.10 Å². The Kier molecular flexibility index (Phi) is 6.05. The number of nitrogens with one attached hydrogen (secondary N) is 1. The number of aromatic nitrogens is 2. The maximum Gasteiger partial charge on any atom is 0.271 e. The zero-order chi connectivity index (χ0) is 15.8. The van der Waals surface area contributed by atoms with Gasteiger partial charge in [-0.3, -0.25) is 4.79 Å². The molecule has 0 aliphatic heterocycles. The average molecular weight is 307 g/mol. The molecule has 0 saturated carbocycles. The van der Waals surface area contributed by atoms with Gasteiger partial charge in [0.25, 0.3) is 5.91 Å². The van der Waals surface area contributed by atoms with Crippen molar-refractivity contribution < 1.29 is 19.0 Å². The summed E-state index contributed by atoms with van der Waals surface area (Å²) in [5.41, 5.74) is 0.817. The number of benzene rings is 1. The molecule has 2 rings (SSSR count).